The average molecular weight is 338 g/mol. The van der Waals surface area contributed by atoms with E-state index in [2.05, 4.69) is 27.6 Å². The van der Waals surface area contributed by atoms with Gasteiger partial charge in [-0.25, -0.2) is 4.79 Å². The number of aromatic amines is 1. The number of halogens is 1. The SMILES string of the molecule is O=c1ccn([C@@H]2O[C@H](CO)[C@H]2CI)c(=O)[nH]1. The number of ether oxygens (including phenoxy) is 1. The lowest BCUT2D eigenvalue weighted by molar-refractivity contribution is -0.227. The van der Waals surface area contributed by atoms with E-state index in [4.69, 9.17) is 9.84 Å². The summed E-state index contributed by atoms with van der Waals surface area (Å²) < 4.78 is 7.51. The Morgan fingerprint density at radius 3 is 2.88 bits per heavy atom. The van der Waals surface area contributed by atoms with E-state index >= 15 is 0 Å². The van der Waals surface area contributed by atoms with Gasteiger partial charge in [0.2, 0.25) is 0 Å². The molecule has 0 aliphatic carbocycles. The molecule has 1 fully saturated rings. The Hall–Kier alpha value is -0.670. The van der Waals surface area contributed by atoms with Crippen LogP contribution in [-0.2, 0) is 4.74 Å². The van der Waals surface area contributed by atoms with Crippen LogP contribution in [0.15, 0.2) is 21.9 Å². The summed E-state index contributed by atoms with van der Waals surface area (Å²) in [6, 6.07) is 1.28. The molecule has 0 spiro atoms. The van der Waals surface area contributed by atoms with Gasteiger partial charge < -0.3 is 9.84 Å². The van der Waals surface area contributed by atoms with Crippen LogP contribution in [0.3, 0.4) is 0 Å². The van der Waals surface area contributed by atoms with Gasteiger partial charge >= 0.3 is 5.69 Å². The molecule has 1 aromatic rings. The number of H-pyrrole nitrogens is 1. The minimum absolute atomic E-state index is 0.0533. The van der Waals surface area contributed by atoms with E-state index in [-0.39, 0.29) is 18.6 Å². The van der Waals surface area contributed by atoms with Gasteiger partial charge in [-0.05, 0) is 0 Å². The van der Waals surface area contributed by atoms with Crippen molar-refractivity contribution in [3.63, 3.8) is 0 Å². The summed E-state index contributed by atoms with van der Waals surface area (Å²) >= 11 is 2.19. The number of alkyl halides is 1. The highest BCUT2D eigenvalue weighted by molar-refractivity contribution is 14.1. The average Bonchev–Trinajstić information content (AvgIpc) is 2.21. The van der Waals surface area contributed by atoms with Crippen LogP contribution in [0.2, 0.25) is 0 Å². The maximum absolute atomic E-state index is 11.5. The lowest BCUT2D eigenvalue weighted by Crippen LogP contribution is -2.51. The van der Waals surface area contributed by atoms with Crippen molar-refractivity contribution in [3.8, 4) is 0 Å². The molecule has 2 N–H and O–H groups in total. The van der Waals surface area contributed by atoms with Gasteiger partial charge in [0.1, 0.15) is 6.23 Å². The van der Waals surface area contributed by atoms with E-state index in [1.807, 2.05) is 0 Å². The van der Waals surface area contributed by atoms with E-state index in [1.165, 1.54) is 16.8 Å². The normalized spacial score (nSPS) is 28.8. The second kappa shape index (κ2) is 4.68. The topological polar surface area (TPSA) is 84.3 Å². The molecule has 6 nitrogen and oxygen atoms in total. The van der Waals surface area contributed by atoms with Crippen molar-refractivity contribution >= 4 is 22.6 Å². The van der Waals surface area contributed by atoms with Gasteiger partial charge in [-0.1, -0.05) is 22.6 Å². The van der Waals surface area contributed by atoms with Crippen LogP contribution in [0.1, 0.15) is 6.23 Å². The quantitative estimate of drug-likeness (QED) is 0.574. The summed E-state index contributed by atoms with van der Waals surface area (Å²) in [6.45, 7) is -0.0533. The van der Waals surface area contributed by atoms with Gasteiger partial charge in [0, 0.05) is 22.6 Å². The molecule has 2 rings (SSSR count). The smallest absolute Gasteiger partial charge is 0.330 e. The standard InChI is InChI=1S/C9H11IN2O4/c10-3-5-6(4-13)16-8(5)12-2-1-7(14)11-9(12)15/h1-2,5-6,8,13H,3-4H2,(H,11,14,15)/t5-,6-,8-/m1/s1. The van der Waals surface area contributed by atoms with Crippen LogP contribution < -0.4 is 11.2 Å². The minimum atomic E-state index is -0.483. The fraction of sp³-hybridized carbons (Fsp3) is 0.556. The Kier molecular flexibility index (Phi) is 3.45. The van der Waals surface area contributed by atoms with Crippen LogP contribution in [0.4, 0.5) is 0 Å². The molecule has 1 saturated heterocycles. The van der Waals surface area contributed by atoms with Gasteiger partial charge in [0.25, 0.3) is 5.56 Å². The van der Waals surface area contributed by atoms with Crippen molar-refractivity contribution in [2.75, 3.05) is 11.0 Å². The van der Waals surface area contributed by atoms with Crippen molar-refractivity contribution in [3.05, 3.63) is 33.1 Å². The van der Waals surface area contributed by atoms with Gasteiger partial charge in [-0.3, -0.25) is 14.3 Å². The Bertz CT molecular complexity index is 483. The zero-order valence-corrected chi connectivity index (χ0v) is 10.5. The van der Waals surface area contributed by atoms with E-state index in [0.29, 0.717) is 0 Å². The number of aromatic nitrogens is 2. The molecule has 0 aromatic carbocycles. The third kappa shape index (κ3) is 1.94. The molecule has 16 heavy (non-hydrogen) atoms. The summed E-state index contributed by atoms with van der Waals surface area (Å²) in [7, 11) is 0. The molecule has 3 atom stereocenters. The van der Waals surface area contributed by atoms with Gasteiger partial charge in [0.15, 0.2) is 0 Å². The van der Waals surface area contributed by atoms with Crippen molar-refractivity contribution in [2.45, 2.75) is 12.3 Å². The molecule has 0 radical (unpaired) electrons. The number of aliphatic hydroxyl groups excluding tert-OH is 1. The first-order valence-electron chi connectivity index (χ1n) is 4.81. The number of hydrogen-bond acceptors (Lipinski definition) is 4. The van der Waals surface area contributed by atoms with Crippen molar-refractivity contribution < 1.29 is 9.84 Å². The largest absolute Gasteiger partial charge is 0.394 e. The Balaban J connectivity index is 2.26. The molecule has 0 amide bonds. The Labute approximate surface area is 104 Å². The summed E-state index contributed by atoms with van der Waals surface area (Å²) in [5.41, 5.74) is -0.908. The van der Waals surface area contributed by atoms with Crippen molar-refractivity contribution in [1.29, 1.82) is 0 Å². The second-order valence-electron chi connectivity index (χ2n) is 3.58. The molecule has 1 aliphatic rings. The maximum Gasteiger partial charge on any atom is 0.330 e. The second-order valence-corrected chi connectivity index (χ2v) is 4.46. The van der Waals surface area contributed by atoms with Crippen LogP contribution in [0.5, 0.6) is 0 Å². The minimum Gasteiger partial charge on any atom is -0.394 e. The van der Waals surface area contributed by atoms with Crippen molar-refractivity contribution in [2.24, 2.45) is 5.92 Å². The lowest BCUT2D eigenvalue weighted by atomic mass is 9.97. The number of hydrogen-bond donors (Lipinski definition) is 2. The first-order valence-corrected chi connectivity index (χ1v) is 6.33. The predicted molar refractivity (Wildman–Crippen MR) is 64.7 cm³/mol. The number of nitrogens with one attached hydrogen (secondary N) is 1. The van der Waals surface area contributed by atoms with Crippen LogP contribution in [0, 0.1) is 5.92 Å². The van der Waals surface area contributed by atoms with Crippen LogP contribution in [0.25, 0.3) is 0 Å². The molecule has 2 heterocycles. The molecular formula is C9H11IN2O4. The van der Waals surface area contributed by atoms with Crippen molar-refractivity contribution in [1.82, 2.24) is 9.55 Å². The molecule has 88 valence electrons. The molecule has 0 saturated carbocycles. The highest BCUT2D eigenvalue weighted by Gasteiger charge is 2.42. The molecule has 7 heteroatoms. The number of aliphatic hydroxyl groups is 1. The third-order valence-electron chi connectivity index (χ3n) is 2.64. The van der Waals surface area contributed by atoms with Gasteiger partial charge in [0.05, 0.1) is 12.7 Å². The summed E-state index contributed by atoms with van der Waals surface area (Å²) in [5, 5.41) is 8.99. The maximum atomic E-state index is 11.5. The summed E-state index contributed by atoms with van der Waals surface area (Å²) in [4.78, 5) is 24.6. The van der Waals surface area contributed by atoms with E-state index in [9.17, 15) is 9.59 Å². The Morgan fingerprint density at radius 2 is 2.31 bits per heavy atom. The highest BCUT2D eigenvalue weighted by atomic mass is 127. The van der Waals surface area contributed by atoms with E-state index in [0.717, 1.165) is 4.43 Å². The molecular weight excluding hydrogens is 327 g/mol. The fourth-order valence-corrected chi connectivity index (χ4v) is 2.73. The Morgan fingerprint density at radius 1 is 1.56 bits per heavy atom. The fourth-order valence-electron chi connectivity index (χ4n) is 1.73. The summed E-state index contributed by atoms with van der Waals surface area (Å²) in [5.74, 6) is 0.0919. The molecule has 0 unspecified atom stereocenters. The first kappa shape index (κ1) is 11.8. The van der Waals surface area contributed by atoms with Gasteiger partial charge in [-0.2, -0.15) is 0 Å². The number of nitrogens with zero attached hydrogens (tertiary/aromatic N) is 1. The molecule has 0 bridgehead atoms. The zero-order valence-electron chi connectivity index (χ0n) is 8.30. The predicted octanol–water partition coefficient (Wildman–Crippen LogP) is -0.523. The molecule has 1 aromatic heterocycles. The van der Waals surface area contributed by atoms with E-state index < -0.39 is 17.5 Å². The monoisotopic (exact) mass is 338 g/mol. The third-order valence-corrected chi connectivity index (χ3v) is 3.66. The zero-order chi connectivity index (χ0) is 11.7. The molecule has 1 aliphatic heterocycles. The van der Waals surface area contributed by atoms with Gasteiger partial charge in [-0.15, -0.1) is 0 Å². The van der Waals surface area contributed by atoms with Crippen LogP contribution >= 0.6 is 22.6 Å². The summed E-state index contributed by atoms with van der Waals surface area (Å²) in [6.07, 6.45) is 0.803. The number of rotatable bonds is 3. The first-order chi connectivity index (χ1) is 7.67. The van der Waals surface area contributed by atoms with E-state index in [1.54, 1.807) is 0 Å². The lowest BCUT2D eigenvalue weighted by Gasteiger charge is -2.43. The highest BCUT2D eigenvalue weighted by Crippen LogP contribution is 2.37. The van der Waals surface area contributed by atoms with Crippen LogP contribution in [-0.4, -0.2) is 31.8 Å².